The topological polar surface area (TPSA) is 106 Å². The largest absolute Gasteiger partial charge is 0.356 e. The van der Waals surface area contributed by atoms with Crippen LogP contribution in [0.5, 0.6) is 0 Å². The number of likely N-dealkylation sites (tertiary alicyclic amines) is 1. The molecule has 3 unspecified atom stereocenters. The predicted octanol–water partition coefficient (Wildman–Crippen LogP) is 3.61. The molecule has 2 heterocycles. The van der Waals surface area contributed by atoms with Gasteiger partial charge in [-0.1, -0.05) is 52.2 Å². The smallest absolute Gasteiger partial charge is 0.251 e. The third-order valence-electron chi connectivity index (χ3n) is 8.14. The van der Waals surface area contributed by atoms with Crippen LogP contribution in [-0.4, -0.2) is 53.8 Å². The molecule has 3 amide bonds. The van der Waals surface area contributed by atoms with Crippen LogP contribution in [0, 0.1) is 17.4 Å². The van der Waals surface area contributed by atoms with Crippen molar-refractivity contribution in [2.75, 3.05) is 18.0 Å². The van der Waals surface area contributed by atoms with Gasteiger partial charge in [0.1, 0.15) is 12.1 Å². The number of nitrogens with one attached hydrogen (secondary N) is 2. The number of hydrogen-bond donors (Lipinski definition) is 2. The SMILES string of the molecule is CC(C)(C)c1ccc(N(C(=O)C2CCCN2C#N)C(C(=O)NC2CCCCC2)C2CCNC(=O)C2)cc1. The highest BCUT2D eigenvalue weighted by molar-refractivity contribution is 6.04. The molecule has 1 aromatic rings. The molecule has 0 bridgehead atoms. The van der Waals surface area contributed by atoms with Gasteiger partial charge in [-0.25, -0.2) is 0 Å². The highest BCUT2D eigenvalue weighted by atomic mass is 16.2. The van der Waals surface area contributed by atoms with Gasteiger partial charge in [-0.2, -0.15) is 5.26 Å². The van der Waals surface area contributed by atoms with Gasteiger partial charge in [0.25, 0.3) is 5.91 Å². The van der Waals surface area contributed by atoms with Gasteiger partial charge in [0.15, 0.2) is 6.19 Å². The maximum absolute atomic E-state index is 14.2. The summed E-state index contributed by atoms with van der Waals surface area (Å²) in [5, 5.41) is 15.8. The first-order valence-corrected chi connectivity index (χ1v) is 13.9. The number of hydrogen-bond acceptors (Lipinski definition) is 5. The fourth-order valence-corrected chi connectivity index (χ4v) is 6.01. The zero-order chi connectivity index (χ0) is 26.6. The second kappa shape index (κ2) is 11.5. The van der Waals surface area contributed by atoms with Crippen molar-refractivity contribution in [3.05, 3.63) is 29.8 Å². The van der Waals surface area contributed by atoms with Crippen LogP contribution in [0.25, 0.3) is 0 Å². The summed E-state index contributed by atoms with van der Waals surface area (Å²) in [7, 11) is 0. The maximum Gasteiger partial charge on any atom is 0.251 e. The number of anilines is 1. The van der Waals surface area contributed by atoms with Crippen molar-refractivity contribution in [1.29, 1.82) is 5.26 Å². The van der Waals surface area contributed by atoms with Crippen molar-refractivity contribution in [3.8, 4) is 6.19 Å². The first-order chi connectivity index (χ1) is 17.7. The van der Waals surface area contributed by atoms with E-state index in [2.05, 4.69) is 37.6 Å². The summed E-state index contributed by atoms with van der Waals surface area (Å²) < 4.78 is 0. The van der Waals surface area contributed by atoms with Crippen LogP contribution in [0.2, 0.25) is 0 Å². The number of piperidine rings is 1. The Hall–Kier alpha value is -3.08. The molecule has 3 aliphatic rings. The number of nitrogens with zero attached hydrogens (tertiary/aromatic N) is 3. The number of amides is 3. The molecule has 2 N–H and O–H groups in total. The van der Waals surface area contributed by atoms with Gasteiger partial charge in [-0.15, -0.1) is 0 Å². The van der Waals surface area contributed by atoms with E-state index in [-0.39, 0.29) is 41.5 Å². The Kier molecular flexibility index (Phi) is 8.41. The molecule has 3 atom stereocenters. The van der Waals surface area contributed by atoms with E-state index in [1.165, 1.54) is 11.3 Å². The van der Waals surface area contributed by atoms with Gasteiger partial charge in [0.05, 0.1) is 0 Å². The number of carbonyl (C=O) groups is 3. The summed E-state index contributed by atoms with van der Waals surface area (Å²) in [6, 6.07) is 6.51. The molecule has 8 nitrogen and oxygen atoms in total. The van der Waals surface area contributed by atoms with Crippen molar-refractivity contribution in [2.45, 2.75) is 102 Å². The Morgan fingerprint density at radius 3 is 2.41 bits per heavy atom. The molecule has 3 fully saturated rings. The average Bonchev–Trinajstić information content (AvgIpc) is 3.36. The van der Waals surface area contributed by atoms with Gasteiger partial charge in [0, 0.05) is 31.2 Å². The molecule has 1 aliphatic carbocycles. The molecule has 0 spiro atoms. The van der Waals surface area contributed by atoms with Crippen molar-refractivity contribution in [1.82, 2.24) is 15.5 Å². The molecular weight excluding hydrogens is 466 g/mol. The Morgan fingerprint density at radius 2 is 1.78 bits per heavy atom. The first kappa shape index (κ1) is 27.0. The lowest BCUT2D eigenvalue weighted by molar-refractivity contribution is -0.131. The minimum absolute atomic E-state index is 0.0599. The molecule has 37 heavy (non-hydrogen) atoms. The highest BCUT2D eigenvalue weighted by Crippen LogP contribution is 2.32. The van der Waals surface area contributed by atoms with E-state index in [1.54, 1.807) is 4.90 Å². The van der Waals surface area contributed by atoms with Gasteiger partial charge in [0.2, 0.25) is 11.8 Å². The van der Waals surface area contributed by atoms with Crippen LogP contribution in [0.4, 0.5) is 5.69 Å². The van der Waals surface area contributed by atoms with Crippen molar-refractivity contribution in [3.63, 3.8) is 0 Å². The molecule has 4 rings (SSSR count). The second-order valence-electron chi connectivity index (χ2n) is 11.8. The normalized spacial score (nSPS) is 23.6. The summed E-state index contributed by atoms with van der Waals surface area (Å²) in [6.07, 6.45) is 9.52. The minimum Gasteiger partial charge on any atom is -0.356 e. The van der Waals surface area contributed by atoms with Crippen molar-refractivity contribution in [2.24, 2.45) is 5.92 Å². The van der Waals surface area contributed by atoms with Gasteiger partial charge in [-0.05, 0) is 61.1 Å². The Bertz CT molecular complexity index is 1020. The summed E-state index contributed by atoms with van der Waals surface area (Å²) in [4.78, 5) is 43.8. The lowest BCUT2D eigenvalue weighted by Gasteiger charge is -2.40. The lowest BCUT2D eigenvalue weighted by atomic mass is 9.85. The van der Waals surface area contributed by atoms with Gasteiger partial charge >= 0.3 is 0 Å². The third kappa shape index (κ3) is 6.26. The Morgan fingerprint density at radius 1 is 1.08 bits per heavy atom. The number of rotatable bonds is 6. The number of benzene rings is 1. The van der Waals surface area contributed by atoms with Crippen molar-refractivity contribution < 1.29 is 14.4 Å². The standard InChI is InChI=1S/C29H41N5O3/c1-29(2,3)21-11-13-23(14-12-21)34(28(37)24-10-7-17-33(24)19-30)26(20-15-16-31-25(35)18-20)27(36)32-22-8-5-4-6-9-22/h11-14,20,22,24,26H,4-10,15-18H2,1-3H3,(H,31,35)(H,32,36). The Balaban J connectivity index is 1.74. The summed E-state index contributed by atoms with van der Waals surface area (Å²) in [5.41, 5.74) is 1.70. The van der Waals surface area contributed by atoms with E-state index in [4.69, 9.17) is 0 Å². The number of nitriles is 1. The molecular formula is C29H41N5O3. The molecule has 1 saturated carbocycles. The van der Waals surface area contributed by atoms with Crippen LogP contribution in [0.15, 0.2) is 24.3 Å². The summed E-state index contributed by atoms with van der Waals surface area (Å²) in [5.74, 6) is -0.832. The molecule has 8 heteroatoms. The van der Waals surface area contributed by atoms with Crippen molar-refractivity contribution >= 4 is 23.4 Å². The monoisotopic (exact) mass is 507 g/mol. The first-order valence-electron chi connectivity index (χ1n) is 13.9. The van der Waals surface area contributed by atoms with E-state index >= 15 is 0 Å². The second-order valence-corrected chi connectivity index (χ2v) is 11.8. The average molecular weight is 508 g/mol. The maximum atomic E-state index is 14.2. The van der Waals surface area contributed by atoms with Gasteiger partial charge < -0.3 is 10.6 Å². The zero-order valence-electron chi connectivity index (χ0n) is 22.5. The predicted molar refractivity (Wildman–Crippen MR) is 143 cm³/mol. The number of carbonyl (C=O) groups excluding carboxylic acids is 3. The van der Waals surface area contributed by atoms with Crippen LogP contribution >= 0.6 is 0 Å². The van der Waals surface area contributed by atoms with Gasteiger partial charge in [-0.3, -0.25) is 24.2 Å². The van der Waals surface area contributed by atoms with Crippen LogP contribution in [0.1, 0.15) is 84.1 Å². The van der Waals surface area contributed by atoms with E-state index in [1.807, 2.05) is 24.3 Å². The van der Waals surface area contributed by atoms with E-state index in [0.29, 0.717) is 31.6 Å². The molecule has 0 radical (unpaired) electrons. The van der Waals surface area contributed by atoms with E-state index < -0.39 is 12.1 Å². The third-order valence-corrected chi connectivity index (χ3v) is 8.14. The highest BCUT2D eigenvalue weighted by Gasteiger charge is 2.44. The van der Waals surface area contributed by atoms with E-state index in [0.717, 1.165) is 37.7 Å². The molecule has 2 saturated heterocycles. The summed E-state index contributed by atoms with van der Waals surface area (Å²) >= 11 is 0. The molecule has 1 aromatic carbocycles. The molecule has 200 valence electrons. The van der Waals surface area contributed by atoms with Crippen LogP contribution in [-0.2, 0) is 19.8 Å². The molecule has 2 aliphatic heterocycles. The minimum atomic E-state index is -0.817. The molecule has 0 aromatic heterocycles. The Labute approximate surface area is 220 Å². The van der Waals surface area contributed by atoms with Crippen LogP contribution in [0.3, 0.4) is 0 Å². The lowest BCUT2D eigenvalue weighted by Crippen LogP contribution is -2.60. The van der Waals surface area contributed by atoms with Crippen LogP contribution < -0.4 is 15.5 Å². The fourth-order valence-electron chi connectivity index (χ4n) is 6.01. The van der Waals surface area contributed by atoms with E-state index in [9.17, 15) is 19.6 Å². The quantitative estimate of drug-likeness (QED) is 0.573. The summed E-state index contributed by atoms with van der Waals surface area (Å²) in [6.45, 7) is 7.42. The zero-order valence-corrected chi connectivity index (χ0v) is 22.5. The fraction of sp³-hybridized carbons (Fsp3) is 0.655.